The van der Waals surface area contributed by atoms with Crippen LogP contribution in [0.1, 0.15) is 20.8 Å². The van der Waals surface area contributed by atoms with Gasteiger partial charge in [0, 0.05) is 22.5 Å². The molecule has 130 valence electrons. The molecule has 7 heteroatoms. The van der Waals surface area contributed by atoms with Gasteiger partial charge in [-0.2, -0.15) is 0 Å². The van der Waals surface area contributed by atoms with Crippen LogP contribution in [0, 0.1) is 0 Å². The molecule has 2 aromatic carbocycles. The van der Waals surface area contributed by atoms with Gasteiger partial charge in [0.05, 0.1) is 10.7 Å². The van der Waals surface area contributed by atoms with Crippen molar-refractivity contribution >= 4 is 46.4 Å². The normalized spacial score (nSPS) is 10.2. The lowest BCUT2D eigenvalue weighted by molar-refractivity contribution is 0.102. The van der Waals surface area contributed by atoms with E-state index in [1.165, 1.54) is 18.3 Å². The van der Waals surface area contributed by atoms with Crippen LogP contribution in [0.25, 0.3) is 0 Å². The Morgan fingerprint density at radius 2 is 1.62 bits per heavy atom. The van der Waals surface area contributed by atoms with Crippen molar-refractivity contribution in [1.82, 2.24) is 4.98 Å². The Morgan fingerprint density at radius 3 is 2.38 bits per heavy atom. The molecule has 0 radical (unpaired) electrons. The number of amides is 2. The molecular weight excluding hydrogens is 373 g/mol. The van der Waals surface area contributed by atoms with E-state index in [9.17, 15) is 9.59 Å². The van der Waals surface area contributed by atoms with E-state index < -0.39 is 11.8 Å². The van der Waals surface area contributed by atoms with E-state index in [1.807, 2.05) is 18.2 Å². The topological polar surface area (TPSA) is 71.1 Å². The number of para-hydroxylation sites is 1. The molecule has 26 heavy (non-hydrogen) atoms. The van der Waals surface area contributed by atoms with E-state index in [2.05, 4.69) is 15.6 Å². The average molecular weight is 386 g/mol. The van der Waals surface area contributed by atoms with E-state index in [-0.39, 0.29) is 11.3 Å². The highest BCUT2D eigenvalue weighted by atomic mass is 35.5. The molecule has 3 aromatic rings. The van der Waals surface area contributed by atoms with Gasteiger partial charge in [-0.1, -0.05) is 41.4 Å². The first-order valence-corrected chi connectivity index (χ1v) is 8.37. The summed E-state index contributed by atoms with van der Waals surface area (Å²) in [6.07, 6.45) is 1.40. The van der Waals surface area contributed by atoms with Crippen molar-refractivity contribution in [3.63, 3.8) is 0 Å². The Bertz CT molecular complexity index is 962. The Morgan fingerprint density at radius 1 is 0.846 bits per heavy atom. The zero-order valence-corrected chi connectivity index (χ0v) is 14.9. The molecule has 2 N–H and O–H groups in total. The van der Waals surface area contributed by atoms with Crippen LogP contribution in [-0.4, -0.2) is 16.8 Å². The highest BCUT2D eigenvalue weighted by Crippen LogP contribution is 2.25. The minimum Gasteiger partial charge on any atom is -0.321 e. The minimum atomic E-state index is -0.426. The fourth-order valence-corrected chi connectivity index (χ4v) is 2.54. The van der Waals surface area contributed by atoms with E-state index in [0.717, 1.165) is 0 Å². The number of hydrogen-bond donors (Lipinski definition) is 2. The molecule has 0 saturated heterocycles. The number of carbonyl (C=O) groups is 2. The Hall–Kier alpha value is -2.89. The highest BCUT2D eigenvalue weighted by Gasteiger charge is 2.13. The second kappa shape index (κ2) is 7.99. The van der Waals surface area contributed by atoms with Gasteiger partial charge >= 0.3 is 0 Å². The average Bonchev–Trinajstić information content (AvgIpc) is 2.65. The van der Waals surface area contributed by atoms with Gasteiger partial charge < -0.3 is 10.6 Å². The molecule has 0 spiro atoms. The third-order valence-corrected chi connectivity index (χ3v) is 4.03. The Kier molecular flexibility index (Phi) is 5.51. The van der Waals surface area contributed by atoms with Gasteiger partial charge in [0.1, 0.15) is 5.69 Å². The van der Waals surface area contributed by atoms with Gasteiger partial charge in [-0.25, -0.2) is 0 Å². The molecule has 1 aromatic heterocycles. The van der Waals surface area contributed by atoms with Gasteiger partial charge in [-0.3, -0.25) is 14.6 Å². The molecule has 2 amide bonds. The summed E-state index contributed by atoms with van der Waals surface area (Å²) in [7, 11) is 0. The Labute approximate surface area is 160 Å². The predicted octanol–water partition coefficient (Wildman–Crippen LogP) is 4.89. The van der Waals surface area contributed by atoms with Gasteiger partial charge in [0.25, 0.3) is 11.8 Å². The maximum atomic E-state index is 12.4. The lowest BCUT2D eigenvalue weighted by Gasteiger charge is -2.09. The number of pyridine rings is 1. The number of anilines is 2. The van der Waals surface area contributed by atoms with Crippen LogP contribution in [0.2, 0.25) is 10.0 Å². The largest absolute Gasteiger partial charge is 0.321 e. The van der Waals surface area contributed by atoms with Crippen molar-refractivity contribution in [2.45, 2.75) is 0 Å². The van der Waals surface area contributed by atoms with Gasteiger partial charge in [-0.05, 0) is 42.5 Å². The molecule has 0 aliphatic rings. The number of rotatable bonds is 4. The standard InChI is InChI=1S/C19H13Cl2N3O2/c20-13-6-7-15(21)16(11-13)24-18(25)12-8-9-22-17(10-12)19(26)23-14-4-2-1-3-5-14/h1-11H,(H,23,26)(H,24,25). The van der Waals surface area contributed by atoms with Crippen molar-refractivity contribution in [1.29, 1.82) is 0 Å². The third-order valence-electron chi connectivity index (χ3n) is 3.46. The van der Waals surface area contributed by atoms with E-state index >= 15 is 0 Å². The number of nitrogens with one attached hydrogen (secondary N) is 2. The van der Waals surface area contributed by atoms with Crippen molar-refractivity contribution in [2.24, 2.45) is 0 Å². The second-order valence-corrected chi connectivity index (χ2v) is 6.17. The van der Waals surface area contributed by atoms with Crippen LogP contribution >= 0.6 is 23.2 Å². The van der Waals surface area contributed by atoms with Crippen molar-refractivity contribution in [3.8, 4) is 0 Å². The molecule has 3 rings (SSSR count). The van der Waals surface area contributed by atoms with Crippen LogP contribution < -0.4 is 10.6 Å². The molecule has 0 aliphatic heterocycles. The Balaban J connectivity index is 1.77. The fourth-order valence-electron chi connectivity index (χ4n) is 2.20. The molecule has 0 aliphatic carbocycles. The van der Waals surface area contributed by atoms with Gasteiger partial charge in [0.2, 0.25) is 0 Å². The summed E-state index contributed by atoms with van der Waals surface area (Å²) >= 11 is 12.0. The molecule has 1 heterocycles. The van der Waals surface area contributed by atoms with E-state index in [1.54, 1.807) is 30.3 Å². The van der Waals surface area contributed by atoms with Gasteiger partial charge in [-0.15, -0.1) is 0 Å². The first-order chi connectivity index (χ1) is 12.5. The van der Waals surface area contributed by atoms with E-state index in [0.29, 0.717) is 21.4 Å². The quantitative estimate of drug-likeness (QED) is 0.671. The lowest BCUT2D eigenvalue weighted by atomic mass is 10.2. The molecular formula is C19H13Cl2N3O2. The number of benzene rings is 2. The summed E-state index contributed by atoms with van der Waals surface area (Å²) in [5.41, 5.74) is 1.42. The lowest BCUT2D eigenvalue weighted by Crippen LogP contribution is -2.17. The maximum absolute atomic E-state index is 12.4. The van der Waals surface area contributed by atoms with Crippen LogP contribution in [0.5, 0.6) is 0 Å². The summed E-state index contributed by atoms with van der Waals surface area (Å²) in [5.74, 6) is -0.836. The number of halogens is 2. The van der Waals surface area contributed by atoms with E-state index in [4.69, 9.17) is 23.2 Å². The third kappa shape index (κ3) is 4.39. The van der Waals surface area contributed by atoms with Crippen LogP contribution in [0.3, 0.4) is 0 Å². The number of aromatic nitrogens is 1. The summed E-state index contributed by atoms with van der Waals surface area (Å²) in [6, 6.07) is 16.7. The summed E-state index contributed by atoms with van der Waals surface area (Å²) in [4.78, 5) is 28.8. The highest BCUT2D eigenvalue weighted by molar-refractivity contribution is 6.35. The molecule has 0 fully saturated rings. The van der Waals surface area contributed by atoms with Crippen LogP contribution in [0.4, 0.5) is 11.4 Å². The first kappa shape index (κ1) is 17.9. The number of nitrogens with zero attached hydrogens (tertiary/aromatic N) is 1. The van der Waals surface area contributed by atoms with Gasteiger partial charge in [0.15, 0.2) is 0 Å². The predicted molar refractivity (Wildman–Crippen MR) is 103 cm³/mol. The zero-order chi connectivity index (χ0) is 18.5. The minimum absolute atomic E-state index is 0.124. The molecule has 0 atom stereocenters. The SMILES string of the molecule is O=C(Nc1cc(Cl)ccc1Cl)c1ccnc(C(=O)Nc2ccccc2)c1. The molecule has 5 nitrogen and oxygen atoms in total. The summed E-state index contributed by atoms with van der Waals surface area (Å²) in [6.45, 7) is 0. The number of hydrogen-bond acceptors (Lipinski definition) is 3. The van der Waals surface area contributed by atoms with Crippen molar-refractivity contribution in [3.05, 3.63) is 88.2 Å². The van der Waals surface area contributed by atoms with Crippen molar-refractivity contribution in [2.75, 3.05) is 10.6 Å². The maximum Gasteiger partial charge on any atom is 0.274 e. The monoisotopic (exact) mass is 385 g/mol. The fraction of sp³-hybridized carbons (Fsp3) is 0. The summed E-state index contributed by atoms with van der Waals surface area (Å²) < 4.78 is 0. The second-order valence-electron chi connectivity index (χ2n) is 5.33. The molecule has 0 bridgehead atoms. The first-order valence-electron chi connectivity index (χ1n) is 7.62. The smallest absolute Gasteiger partial charge is 0.274 e. The zero-order valence-electron chi connectivity index (χ0n) is 13.4. The summed E-state index contributed by atoms with van der Waals surface area (Å²) in [5, 5.41) is 6.19. The van der Waals surface area contributed by atoms with Crippen molar-refractivity contribution < 1.29 is 9.59 Å². The van der Waals surface area contributed by atoms with Crippen LogP contribution in [0.15, 0.2) is 66.9 Å². The van der Waals surface area contributed by atoms with Crippen LogP contribution in [-0.2, 0) is 0 Å². The number of carbonyl (C=O) groups excluding carboxylic acids is 2. The molecule has 0 saturated carbocycles. The molecule has 0 unspecified atom stereocenters.